The molecule has 0 radical (unpaired) electrons. The van der Waals surface area contributed by atoms with Gasteiger partial charge in [0.25, 0.3) is 5.56 Å². The van der Waals surface area contributed by atoms with Gasteiger partial charge in [0.15, 0.2) is 0 Å². The third-order valence-electron chi connectivity index (χ3n) is 4.34. The van der Waals surface area contributed by atoms with Gasteiger partial charge in [0.2, 0.25) is 5.91 Å². The van der Waals surface area contributed by atoms with Gasteiger partial charge in [-0.3, -0.25) is 9.59 Å². The maximum absolute atomic E-state index is 12.9. The number of amides is 1. The molecule has 2 heterocycles. The van der Waals surface area contributed by atoms with Crippen LogP contribution in [-0.4, -0.2) is 27.3 Å². The second kappa shape index (κ2) is 6.59. The van der Waals surface area contributed by atoms with Gasteiger partial charge in [-0.2, -0.15) is 13.2 Å². The summed E-state index contributed by atoms with van der Waals surface area (Å²) in [6.07, 6.45) is -4.08. The molecule has 0 atom stereocenters. The van der Waals surface area contributed by atoms with Gasteiger partial charge in [0.1, 0.15) is 5.82 Å². The molecule has 138 valence electrons. The number of nitrogens with zero attached hydrogens (tertiary/aromatic N) is 2. The van der Waals surface area contributed by atoms with Crippen molar-refractivity contribution in [2.45, 2.75) is 33.0 Å². The van der Waals surface area contributed by atoms with Crippen LogP contribution in [0.1, 0.15) is 30.7 Å². The molecule has 0 aliphatic carbocycles. The molecule has 0 spiro atoms. The van der Waals surface area contributed by atoms with E-state index in [1.165, 1.54) is 12.1 Å². The molecule has 1 aromatic carbocycles. The van der Waals surface area contributed by atoms with Crippen LogP contribution in [0.25, 0.3) is 11.4 Å². The molecule has 0 bridgehead atoms. The third-order valence-corrected chi connectivity index (χ3v) is 4.34. The van der Waals surface area contributed by atoms with Gasteiger partial charge in [0, 0.05) is 24.4 Å². The van der Waals surface area contributed by atoms with Gasteiger partial charge in [-0.1, -0.05) is 26.0 Å². The lowest BCUT2D eigenvalue weighted by atomic mass is 10.0. The number of aromatic nitrogens is 2. The Balaban J connectivity index is 1.96. The molecule has 2 aromatic rings. The van der Waals surface area contributed by atoms with Crippen LogP contribution in [0, 0.1) is 5.92 Å². The fraction of sp³-hybridized carbons (Fsp3) is 0.389. The molecular formula is C18H18F3N3O2. The first-order valence-corrected chi connectivity index (χ1v) is 8.25. The molecule has 0 fully saturated rings. The highest BCUT2D eigenvalue weighted by Crippen LogP contribution is 2.31. The van der Waals surface area contributed by atoms with Crippen molar-refractivity contribution in [2.24, 2.45) is 5.92 Å². The van der Waals surface area contributed by atoms with Crippen molar-refractivity contribution in [3.8, 4) is 11.4 Å². The standard InChI is InChI=1S/C18H18F3N3O2/c1-10(2)17(26)24-7-6-14-13(9-24)16(25)23-15(22-14)11-4-3-5-12(8-11)18(19,20)21/h3-5,8,10H,6-7,9H2,1-2H3,(H,22,23,25). The molecule has 0 unspecified atom stereocenters. The number of fused-ring (bicyclic) bond motifs is 1. The molecule has 1 amide bonds. The first-order chi connectivity index (χ1) is 12.2. The highest BCUT2D eigenvalue weighted by atomic mass is 19.4. The molecule has 1 N–H and O–H groups in total. The summed E-state index contributed by atoms with van der Waals surface area (Å²) >= 11 is 0. The summed E-state index contributed by atoms with van der Waals surface area (Å²) in [5.74, 6) is -0.117. The maximum atomic E-state index is 12.9. The van der Waals surface area contributed by atoms with Gasteiger partial charge in [0.05, 0.1) is 23.4 Å². The molecule has 0 saturated heterocycles. The normalized spacial score (nSPS) is 14.5. The Bertz CT molecular complexity index is 903. The average Bonchev–Trinajstić information content (AvgIpc) is 2.60. The van der Waals surface area contributed by atoms with E-state index in [9.17, 15) is 22.8 Å². The van der Waals surface area contributed by atoms with E-state index in [2.05, 4.69) is 9.97 Å². The SMILES string of the molecule is CC(C)C(=O)N1CCc2nc(-c3cccc(C(F)(F)F)c3)[nH]c(=O)c2C1. The minimum Gasteiger partial charge on any atom is -0.337 e. The number of alkyl halides is 3. The van der Waals surface area contributed by atoms with Crippen molar-refractivity contribution in [3.05, 3.63) is 51.4 Å². The Morgan fingerprint density at radius 3 is 2.69 bits per heavy atom. The largest absolute Gasteiger partial charge is 0.416 e. The predicted octanol–water partition coefficient (Wildman–Crippen LogP) is 3.00. The summed E-state index contributed by atoms with van der Waals surface area (Å²) in [7, 11) is 0. The fourth-order valence-corrected chi connectivity index (χ4v) is 2.96. The van der Waals surface area contributed by atoms with Gasteiger partial charge in [-0.25, -0.2) is 4.98 Å². The molecule has 1 aromatic heterocycles. The molecule has 1 aliphatic heterocycles. The summed E-state index contributed by atoms with van der Waals surface area (Å²) in [4.78, 5) is 33.0. The number of H-pyrrole nitrogens is 1. The Morgan fingerprint density at radius 1 is 1.31 bits per heavy atom. The highest BCUT2D eigenvalue weighted by molar-refractivity contribution is 5.78. The predicted molar refractivity (Wildman–Crippen MR) is 89.3 cm³/mol. The lowest BCUT2D eigenvalue weighted by molar-refractivity contribution is -0.137. The van der Waals surface area contributed by atoms with Crippen LogP contribution in [0.5, 0.6) is 0 Å². The zero-order chi connectivity index (χ0) is 19.1. The van der Waals surface area contributed by atoms with E-state index in [0.717, 1.165) is 12.1 Å². The number of nitrogens with one attached hydrogen (secondary N) is 1. The molecule has 5 nitrogen and oxygen atoms in total. The van der Waals surface area contributed by atoms with Gasteiger partial charge >= 0.3 is 6.18 Å². The number of hydrogen-bond donors (Lipinski definition) is 1. The maximum Gasteiger partial charge on any atom is 0.416 e. The van der Waals surface area contributed by atoms with E-state index in [4.69, 9.17) is 0 Å². The molecular weight excluding hydrogens is 347 g/mol. The van der Waals surface area contributed by atoms with Gasteiger partial charge < -0.3 is 9.88 Å². The summed E-state index contributed by atoms with van der Waals surface area (Å²) in [6.45, 7) is 4.17. The monoisotopic (exact) mass is 365 g/mol. The zero-order valence-corrected chi connectivity index (χ0v) is 14.4. The molecule has 1 aliphatic rings. The minimum atomic E-state index is -4.47. The van der Waals surface area contributed by atoms with Crippen LogP contribution >= 0.6 is 0 Å². The Labute approximate surface area is 147 Å². The Kier molecular flexibility index (Phi) is 4.60. The lowest BCUT2D eigenvalue weighted by Crippen LogP contribution is -2.41. The molecule has 0 saturated carbocycles. The first kappa shape index (κ1) is 18.2. The van der Waals surface area contributed by atoms with E-state index in [0.29, 0.717) is 24.2 Å². The van der Waals surface area contributed by atoms with E-state index in [1.54, 1.807) is 18.7 Å². The van der Waals surface area contributed by atoms with Crippen molar-refractivity contribution < 1.29 is 18.0 Å². The van der Waals surface area contributed by atoms with Gasteiger partial charge in [-0.05, 0) is 12.1 Å². The fourth-order valence-electron chi connectivity index (χ4n) is 2.96. The van der Waals surface area contributed by atoms with Crippen molar-refractivity contribution >= 4 is 5.91 Å². The van der Waals surface area contributed by atoms with Crippen LogP contribution < -0.4 is 5.56 Å². The van der Waals surface area contributed by atoms with E-state index >= 15 is 0 Å². The second-order valence-electron chi connectivity index (χ2n) is 6.58. The Morgan fingerprint density at radius 2 is 2.04 bits per heavy atom. The minimum absolute atomic E-state index is 0.0444. The number of aromatic amines is 1. The second-order valence-corrected chi connectivity index (χ2v) is 6.58. The van der Waals surface area contributed by atoms with Crippen molar-refractivity contribution in [2.75, 3.05) is 6.54 Å². The van der Waals surface area contributed by atoms with Crippen LogP contribution in [-0.2, 0) is 23.9 Å². The quantitative estimate of drug-likeness (QED) is 0.890. The van der Waals surface area contributed by atoms with E-state index < -0.39 is 17.3 Å². The molecule has 3 rings (SSSR count). The van der Waals surface area contributed by atoms with Crippen molar-refractivity contribution in [3.63, 3.8) is 0 Å². The lowest BCUT2D eigenvalue weighted by Gasteiger charge is -2.29. The Hall–Kier alpha value is -2.64. The average molecular weight is 365 g/mol. The van der Waals surface area contributed by atoms with Crippen LogP contribution in [0.4, 0.5) is 13.2 Å². The number of halogens is 3. The van der Waals surface area contributed by atoms with Gasteiger partial charge in [-0.15, -0.1) is 0 Å². The number of rotatable bonds is 2. The summed E-state index contributed by atoms with van der Waals surface area (Å²) in [5.41, 5.74) is -0.122. The topological polar surface area (TPSA) is 66.1 Å². The number of benzene rings is 1. The van der Waals surface area contributed by atoms with Crippen molar-refractivity contribution in [1.82, 2.24) is 14.9 Å². The summed E-state index contributed by atoms with van der Waals surface area (Å²) in [6, 6.07) is 4.68. The molecule has 8 heteroatoms. The van der Waals surface area contributed by atoms with Crippen LogP contribution in [0.15, 0.2) is 29.1 Å². The third kappa shape index (κ3) is 3.49. The number of carbonyl (C=O) groups excluding carboxylic acids is 1. The smallest absolute Gasteiger partial charge is 0.337 e. The van der Waals surface area contributed by atoms with Crippen molar-refractivity contribution in [1.29, 1.82) is 0 Å². The highest BCUT2D eigenvalue weighted by Gasteiger charge is 2.31. The molecule has 26 heavy (non-hydrogen) atoms. The number of hydrogen-bond acceptors (Lipinski definition) is 3. The van der Waals surface area contributed by atoms with E-state index in [1.807, 2.05) is 0 Å². The number of carbonyl (C=O) groups is 1. The summed E-state index contributed by atoms with van der Waals surface area (Å²) in [5, 5.41) is 0. The van der Waals surface area contributed by atoms with Crippen LogP contribution in [0.3, 0.4) is 0 Å². The van der Waals surface area contributed by atoms with E-state index in [-0.39, 0.29) is 29.8 Å². The van der Waals surface area contributed by atoms with Crippen LogP contribution in [0.2, 0.25) is 0 Å². The zero-order valence-electron chi connectivity index (χ0n) is 14.4. The first-order valence-electron chi connectivity index (χ1n) is 8.25. The summed E-state index contributed by atoms with van der Waals surface area (Å²) < 4.78 is 38.7.